The Bertz CT molecular complexity index is 1010. The summed E-state index contributed by atoms with van der Waals surface area (Å²) in [6.07, 6.45) is 1.03. The Morgan fingerprint density at radius 1 is 1.25 bits per heavy atom. The molecule has 28 heavy (non-hydrogen) atoms. The maximum atomic E-state index is 13.3. The lowest BCUT2D eigenvalue weighted by Crippen LogP contribution is -2.50. The zero-order valence-corrected chi connectivity index (χ0v) is 16.9. The number of hydrogen-bond acceptors (Lipinski definition) is 6. The summed E-state index contributed by atoms with van der Waals surface area (Å²) in [7, 11) is 5.54. The molecule has 148 valence electrons. The maximum absolute atomic E-state index is 13.3. The molecule has 9 heteroatoms. The first-order valence-electron chi connectivity index (χ1n) is 9.41. The van der Waals surface area contributed by atoms with Crippen molar-refractivity contribution in [2.24, 2.45) is 12.0 Å². The van der Waals surface area contributed by atoms with Gasteiger partial charge < -0.3 is 9.80 Å². The number of likely N-dealkylation sites (tertiary alicyclic amines) is 1. The highest BCUT2D eigenvalue weighted by atomic mass is 16.2. The third-order valence-corrected chi connectivity index (χ3v) is 5.60. The van der Waals surface area contributed by atoms with Crippen LogP contribution in [0.15, 0.2) is 11.1 Å². The normalized spacial score (nSPS) is 18.5. The lowest BCUT2D eigenvalue weighted by Gasteiger charge is -2.35. The van der Waals surface area contributed by atoms with Crippen molar-refractivity contribution in [3.63, 3.8) is 0 Å². The van der Waals surface area contributed by atoms with Gasteiger partial charge in [-0.15, -0.1) is 0 Å². The minimum Gasteiger partial charge on any atom is -0.349 e. The number of carbonyl (C=O) groups is 2. The van der Waals surface area contributed by atoms with Crippen molar-refractivity contribution >= 4 is 28.8 Å². The Labute approximate surface area is 163 Å². The van der Waals surface area contributed by atoms with E-state index in [9.17, 15) is 9.59 Å². The summed E-state index contributed by atoms with van der Waals surface area (Å²) < 4.78 is 1.71. The lowest BCUT2D eigenvalue weighted by molar-refractivity contribution is -0.125. The average Bonchev–Trinajstić information content (AvgIpc) is 3.12. The molecule has 2 aromatic heterocycles. The molecule has 2 aromatic rings. The first kappa shape index (κ1) is 18.4. The summed E-state index contributed by atoms with van der Waals surface area (Å²) in [6, 6.07) is 1.83. The Balaban J connectivity index is 1.61. The second-order valence-corrected chi connectivity index (χ2v) is 7.83. The molecule has 2 aliphatic rings. The van der Waals surface area contributed by atoms with Crippen LogP contribution in [0.5, 0.6) is 0 Å². The number of aryl methyl sites for hydroxylation is 3. The number of aliphatic imine (C=N–C) groups is 1. The van der Waals surface area contributed by atoms with Crippen LogP contribution < -0.4 is 5.32 Å². The van der Waals surface area contributed by atoms with Gasteiger partial charge in [-0.05, 0) is 32.8 Å². The van der Waals surface area contributed by atoms with Gasteiger partial charge in [-0.1, -0.05) is 0 Å². The number of aromatic nitrogens is 3. The van der Waals surface area contributed by atoms with Crippen LogP contribution >= 0.6 is 0 Å². The topological polar surface area (TPSA) is 95.7 Å². The van der Waals surface area contributed by atoms with Gasteiger partial charge in [0.1, 0.15) is 5.54 Å². The molecule has 2 aliphatic heterocycles. The number of carbonyl (C=O) groups excluding carboxylic acids is 2. The first-order chi connectivity index (χ1) is 13.2. The number of piperidine rings is 1. The van der Waals surface area contributed by atoms with E-state index in [2.05, 4.69) is 20.4 Å². The molecule has 1 N–H and O–H groups in total. The van der Waals surface area contributed by atoms with Crippen molar-refractivity contribution < 1.29 is 9.59 Å². The van der Waals surface area contributed by atoms with Gasteiger partial charge in [0.25, 0.3) is 11.8 Å². The number of amides is 2. The predicted molar refractivity (Wildman–Crippen MR) is 105 cm³/mol. The minimum atomic E-state index is -0.760. The Kier molecular flexibility index (Phi) is 4.13. The van der Waals surface area contributed by atoms with E-state index < -0.39 is 5.54 Å². The van der Waals surface area contributed by atoms with E-state index >= 15 is 0 Å². The zero-order chi connectivity index (χ0) is 20.2. The van der Waals surface area contributed by atoms with E-state index in [0.717, 1.165) is 16.8 Å². The Morgan fingerprint density at radius 2 is 1.93 bits per heavy atom. The van der Waals surface area contributed by atoms with Crippen LogP contribution in [0.1, 0.15) is 34.6 Å². The molecule has 0 aromatic carbocycles. The fraction of sp³-hybridized carbons (Fsp3) is 0.526. The van der Waals surface area contributed by atoms with Gasteiger partial charge in [0.05, 0.1) is 16.6 Å². The van der Waals surface area contributed by atoms with Crippen molar-refractivity contribution in [2.45, 2.75) is 32.2 Å². The van der Waals surface area contributed by atoms with Crippen LogP contribution in [0, 0.1) is 13.8 Å². The predicted octanol–water partition coefficient (Wildman–Crippen LogP) is 0.607. The number of rotatable bonds is 1. The van der Waals surface area contributed by atoms with Crippen LogP contribution in [-0.2, 0) is 11.8 Å². The van der Waals surface area contributed by atoms with E-state index in [1.807, 2.05) is 46.0 Å². The molecule has 4 rings (SSSR count). The third-order valence-electron chi connectivity index (χ3n) is 5.60. The van der Waals surface area contributed by atoms with Crippen molar-refractivity contribution in [3.05, 3.63) is 23.0 Å². The number of fused-ring (bicyclic) bond motifs is 1. The fourth-order valence-corrected chi connectivity index (χ4v) is 4.04. The first-order valence-corrected chi connectivity index (χ1v) is 9.41. The van der Waals surface area contributed by atoms with Crippen molar-refractivity contribution in [2.75, 3.05) is 27.2 Å². The molecule has 1 saturated heterocycles. The van der Waals surface area contributed by atoms with Crippen LogP contribution in [0.2, 0.25) is 0 Å². The van der Waals surface area contributed by atoms with Gasteiger partial charge in [0.2, 0.25) is 5.96 Å². The van der Waals surface area contributed by atoms with Crippen molar-refractivity contribution in [1.29, 1.82) is 0 Å². The summed E-state index contributed by atoms with van der Waals surface area (Å²) in [6.45, 7) is 4.74. The van der Waals surface area contributed by atoms with E-state index in [1.165, 1.54) is 0 Å². The number of guanidine groups is 1. The van der Waals surface area contributed by atoms with E-state index in [0.29, 0.717) is 43.1 Å². The molecule has 0 atom stereocenters. The summed E-state index contributed by atoms with van der Waals surface area (Å²) in [4.78, 5) is 38.6. The molecule has 4 heterocycles. The van der Waals surface area contributed by atoms with Crippen molar-refractivity contribution in [1.82, 2.24) is 29.9 Å². The van der Waals surface area contributed by atoms with Gasteiger partial charge in [0, 0.05) is 39.9 Å². The van der Waals surface area contributed by atoms with Gasteiger partial charge in [-0.2, -0.15) is 5.10 Å². The van der Waals surface area contributed by atoms with Crippen LogP contribution in [0.25, 0.3) is 11.0 Å². The largest absolute Gasteiger partial charge is 0.349 e. The van der Waals surface area contributed by atoms with Crippen LogP contribution in [-0.4, -0.2) is 75.1 Å². The SMILES string of the molecule is Cc1cc(C(=O)N2CCC3(CC2)N=C(N(C)C)NC3=O)c2c(C)nn(C)c2n1. The van der Waals surface area contributed by atoms with Crippen LogP contribution in [0.3, 0.4) is 0 Å². The summed E-state index contributed by atoms with van der Waals surface area (Å²) in [5.74, 6) is 0.465. The molecule has 0 radical (unpaired) electrons. The monoisotopic (exact) mass is 383 g/mol. The smallest absolute Gasteiger partial charge is 0.254 e. The summed E-state index contributed by atoms with van der Waals surface area (Å²) in [5, 5.41) is 8.06. The molecule has 0 aliphatic carbocycles. The summed E-state index contributed by atoms with van der Waals surface area (Å²) >= 11 is 0. The van der Waals surface area contributed by atoms with E-state index in [-0.39, 0.29) is 11.8 Å². The van der Waals surface area contributed by atoms with Gasteiger partial charge in [-0.25, -0.2) is 9.98 Å². The van der Waals surface area contributed by atoms with Gasteiger partial charge in [0.15, 0.2) is 5.65 Å². The van der Waals surface area contributed by atoms with E-state index in [1.54, 1.807) is 9.58 Å². The highest BCUT2D eigenvalue weighted by Gasteiger charge is 2.47. The fourth-order valence-electron chi connectivity index (χ4n) is 4.04. The van der Waals surface area contributed by atoms with Gasteiger partial charge in [-0.3, -0.25) is 19.6 Å². The quantitative estimate of drug-likeness (QED) is 0.778. The molecule has 1 fully saturated rings. The standard InChI is InChI=1S/C19H25N7O2/c1-11-10-13(14-12(2)23-25(5)15(14)20-11)16(27)26-8-6-19(7-9-26)17(28)21-18(22-19)24(3)4/h10H,6-9H2,1-5H3,(H,21,22,28). The number of nitrogens with zero attached hydrogens (tertiary/aromatic N) is 6. The van der Waals surface area contributed by atoms with Crippen LogP contribution in [0.4, 0.5) is 0 Å². The molecule has 0 saturated carbocycles. The highest BCUT2D eigenvalue weighted by Crippen LogP contribution is 2.32. The van der Waals surface area contributed by atoms with E-state index in [4.69, 9.17) is 0 Å². The number of hydrogen-bond donors (Lipinski definition) is 1. The van der Waals surface area contributed by atoms with Gasteiger partial charge >= 0.3 is 0 Å². The molecular weight excluding hydrogens is 358 g/mol. The molecule has 2 amide bonds. The zero-order valence-electron chi connectivity index (χ0n) is 16.9. The Hall–Kier alpha value is -2.97. The third kappa shape index (κ3) is 2.73. The molecule has 0 bridgehead atoms. The minimum absolute atomic E-state index is 0.0448. The molecule has 1 spiro atoms. The summed E-state index contributed by atoms with van der Waals surface area (Å²) in [5.41, 5.74) is 2.14. The molecule has 9 nitrogen and oxygen atoms in total. The second kappa shape index (κ2) is 6.29. The second-order valence-electron chi connectivity index (χ2n) is 7.83. The average molecular weight is 383 g/mol. The highest BCUT2D eigenvalue weighted by molar-refractivity contribution is 6.08. The van der Waals surface area contributed by atoms with Crippen molar-refractivity contribution in [3.8, 4) is 0 Å². The maximum Gasteiger partial charge on any atom is 0.254 e. The molecule has 0 unspecified atom stereocenters. The lowest BCUT2D eigenvalue weighted by atomic mass is 9.87. The number of pyridine rings is 1. The molecular formula is C19H25N7O2. The Morgan fingerprint density at radius 3 is 2.54 bits per heavy atom. The number of nitrogens with one attached hydrogen (secondary N) is 1.